The molecule has 3 heterocycles. The summed E-state index contributed by atoms with van der Waals surface area (Å²) in [6.07, 6.45) is 2.91. The minimum atomic E-state index is -0.0173. The Bertz CT molecular complexity index is 681. The Kier molecular flexibility index (Phi) is 4.03. The second kappa shape index (κ2) is 5.95. The summed E-state index contributed by atoms with van der Waals surface area (Å²) in [5.41, 5.74) is 7.39. The van der Waals surface area contributed by atoms with Crippen molar-refractivity contribution in [2.24, 2.45) is 17.6 Å². The van der Waals surface area contributed by atoms with Crippen molar-refractivity contribution in [1.29, 1.82) is 0 Å². The minimum absolute atomic E-state index is 0.0173. The molecule has 5 heteroatoms. The highest BCUT2D eigenvalue weighted by Gasteiger charge is 2.25. The van der Waals surface area contributed by atoms with Gasteiger partial charge < -0.3 is 5.73 Å². The van der Waals surface area contributed by atoms with Crippen molar-refractivity contribution in [2.75, 3.05) is 19.6 Å². The summed E-state index contributed by atoms with van der Waals surface area (Å²) >= 11 is 0. The molecule has 1 saturated heterocycles. The van der Waals surface area contributed by atoms with Gasteiger partial charge in [-0.25, -0.2) is 4.98 Å². The maximum atomic E-state index is 12.1. The van der Waals surface area contributed by atoms with Crippen LogP contribution in [0, 0.1) is 11.8 Å². The second-order valence-corrected chi connectivity index (χ2v) is 6.01. The summed E-state index contributed by atoms with van der Waals surface area (Å²) in [6.45, 7) is 5.77. The number of hydrogen-bond donors (Lipinski definition) is 1. The van der Waals surface area contributed by atoms with E-state index in [2.05, 4.69) is 16.8 Å². The molecule has 2 N–H and O–H groups in total. The average molecular weight is 286 g/mol. The molecule has 3 rings (SSSR count). The van der Waals surface area contributed by atoms with Gasteiger partial charge in [0.15, 0.2) is 0 Å². The summed E-state index contributed by atoms with van der Waals surface area (Å²) in [4.78, 5) is 19.0. The number of nitrogens with two attached hydrogens (primary N) is 1. The third-order valence-electron chi connectivity index (χ3n) is 4.51. The van der Waals surface area contributed by atoms with Crippen LogP contribution in [0.1, 0.15) is 19.0 Å². The lowest BCUT2D eigenvalue weighted by Crippen LogP contribution is -2.42. The van der Waals surface area contributed by atoms with Crippen LogP contribution in [0.2, 0.25) is 0 Å². The lowest BCUT2D eigenvalue weighted by molar-refractivity contribution is 0.125. The number of nitrogens with zero attached hydrogens (tertiary/aromatic N) is 3. The Morgan fingerprint density at radius 2 is 2.29 bits per heavy atom. The van der Waals surface area contributed by atoms with Gasteiger partial charge in [-0.1, -0.05) is 13.0 Å². The molecule has 0 aromatic carbocycles. The molecule has 0 radical (unpaired) electrons. The monoisotopic (exact) mass is 286 g/mol. The van der Waals surface area contributed by atoms with Crippen LogP contribution in [0.25, 0.3) is 5.65 Å². The smallest absolute Gasteiger partial charge is 0.258 e. The van der Waals surface area contributed by atoms with Gasteiger partial charge in [0.1, 0.15) is 5.65 Å². The van der Waals surface area contributed by atoms with Gasteiger partial charge in [0, 0.05) is 25.4 Å². The Morgan fingerprint density at radius 3 is 3.10 bits per heavy atom. The first-order valence-electron chi connectivity index (χ1n) is 7.57. The van der Waals surface area contributed by atoms with Gasteiger partial charge in [-0.2, -0.15) is 0 Å². The van der Waals surface area contributed by atoms with E-state index in [0.29, 0.717) is 17.5 Å². The number of hydrogen-bond acceptors (Lipinski definition) is 4. The summed E-state index contributed by atoms with van der Waals surface area (Å²) in [6, 6.07) is 7.25. The fourth-order valence-corrected chi connectivity index (χ4v) is 3.09. The van der Waals surface area contributed by atoms with E-state index in [1.165, 1.54) is 0 Å². The van der Waals surface area contributed by atoms with Gasteiger partial charge in [-0.3, -0.25) is 14.1 Å². The van der Waals surface area contributed by atoms with Crippen LogP contribution in [0.4, 0.5) is 0 Å². The quantitative estimate of drug-likeness (QED) is 0.918. The van der Waals surface area contributed by atoms with Crippen LogP contribution < -0.4 is 11.3 Å². The topological polar surface area (TPSA) is 63.6 Å². The van der Waals surface area contributed by atoms with E-state index < -0.39 is 0 Å². The zero-order valence-corrected chi connectivity index (χ0v) is 12.4. The average Bonchev–Trinajstić information content (AvgIpc) is 2.49. The molecule has 112 valence electrons. The summed E-state index contributed by atoms with van der Waals surface area (Å²) < 4.78 is 1.57. The van der Waals surface area contributed by atoms with E-state index >= 15 is 0 Å². The molecule has 2 atom stereocenters. The maximum Gasteiger partial charge on any atom is 0.258 e. The Morgan fingerprint density at radius 1 is 1.43 bits per heavy atom. The van der Waals surface area contributed by atoms with E-state index in [4.69, 9.17) is 5.73 Å². The lowest BCUT2D eigenvalue weighted by Gasteiger charge is -2.36. The molecule has 5 nitrogen and oxygen atoms in total. The molecule has 1 fully saturated rings. The van der Waals surface area contributed by atoms with Crippen molar-refractivity contribution < 1.29 is 0 Å². The van der Waals surface area contributed by atoms with Crippen molar-refractivity contribution in [1.82, 2.24) is 14.3 Å². The standard InChI is InChI=1S/C16H22N4O/c1-12-5-7-19(10-13(12)9-17)11-14-8-16(21)20-6-3-2-4-15(20)18-14/h2-4,6,8,12-13H,5,7,9-11,17H2,1H3. The van der Waals surface area contributed by atoms with Crippen LogP contribution in [-0.2, 0) is 6.54 Å². The number of fused-ring (bicyclic) bond motifs is 1. The molecule has 2 aromatic rings. The first-order valence-corrected chi connectivity index (χ1v) is 7.57. The lowest BCUT2D eigenvalue weighted by atomic mass is 9.87. The van der Waals surface area contributed by atoms with Gasteiger partial charge in [0.25, 0.3) is 5.56 Å². The number of likely N-dealkylation sites (tertiary alicyclic amines) is 1. The van der Waals surface area contributed by atoms with Crippen molar-refractivity contribution in [3.05, 3.63) is 46.5 Å². The SMILES string of the molecule is CC1CCN(Cc2cc(=O)n3ccccc3n2)CC1CN. The highest BCUT2D eigenvalue weighted by molar-refractivity contribution is 5.37. The molecule has 0 bridgehead atoms. The van der Waals surface area contributed by atoms with E-state index in [9.17, 15) is 4.79 Å². The van der Waals surface area contributed by atoms with E-state index in [1.54, 1.807) is 16.7 Å². The minimum Gasteiger partial charge on any atom is -0.330 e. The van der Waals surface area contributed by atoms with Crippen molar-refractivity contribution >= 4 is 5.65 Å². The normalized spacial score (nSPS) is 23.5. The van der Waals surface area contributed by atoms with Crippen molar-refractivity contribution in [3.63, 3.8) is 0 Å². The fourth-order valence-electron chi connectivity index (χ4n) is 3.09. The third kappa shape index (κ3) is 2.99. The van der Waals surface area contributed by atoms with Crippen LogP contribution >= 0.6 is 0 Å². The first-order chi connectivity index (χ1) is 10.2. The van der Waals surface area contributed by atoms with Gasteiger partial charge in [-0.15, -0.1) is 0 Å². The molecule has 1 aliphatic heterocycles. The molecule has 21 heavy (non-hydrogen) atoms. The first kappa shape index (κ1) is 14.2. The Balaban J connectivity index is 1.80. The predicted molar refractivity (Wildman–Crippen MR) is 83.1 cm³/mol. The van der Waals surface area contributed by atoms with Crippen molar-refractivity contribution in [2.45, 2.75) is 19.9 Å². The number of pyridine rings is 1. The maximum absolute atomic E-state index is 12.1. The van der Waals surface area contributed by atoms with Gasteiger partial charge in [0.2, 0.25) is 0 Å². The Labute approximate surface area is 124 Å². The summed E-state index contributed by atoms with van der Waals surface area (Å²) in [7, 11) is 0. The van der Waals surface area contributed by atoms with Crippen LogP contribution in [0.5, 0.6) is 0 Å². The van der Waals surface area contributed by atoms with Crippen LogP contribution in [-0.4, -0.2) is 33.9 Å². The number of rotatable bonds is 3. The molecule has 1 aliphatic rings. The molecule has 0 aliphatic carbocycles. The summed E-state index contributed by atoms with van der Waals surface area (Å²) in [5.74, 6) is 1.22. The van der Waals surface area contributed by atoms with E-state index in [1.807, 2.05) is 18.2 Å². The third-order valence-corrected chi connectivity index (χ3v) is 4.51. The molecule has 2 aromatic heterocycles. The number of aromatic nitrogens is 2. The Hall–Kier alpha value is -1.72. The molecular formula is C16H22N4O. The highest BCUT2D eigenvalue weighted by Crippen LogP contribution is 2.23. The molecule has 0 amide bonds. The number of piperidine rings is 1. The van der Waals surface area contributed by atoms with Gasteiger partial charge >= 0.3 is 0 Å². The fraction of sp³-hybridized carbons (Fsp3) is 0.500. The molecular weight excluding hydrogens is 264 g/mol. The van der Waals surface area contributed by atoms with Gasteiger partial charge in [0.05, 0.1) is 5.69 Å². The predicted octanol–water partition coefficient (Wildman–Crippen LogP) is 1.11. The second-order valence-electron chi connectivity index (χ2n) is 6.01. The van der Waals surface area contributed by atoms with E-state index in [-0.39, 0.29) is 5.56 Å². The van der Waals surface area contributed by atoms with Crippen molar-refractivity contribution in [3.8, 4) is 0 Å². The highest BCUT2D eigenvalue weighted by atomic mass is 16.1. The molecule has 0 spiro atoms. The molecule has 0 saturated carbocycles. The van der Waals surface area contributed by atoms with Gasteiger partial charge in [-0.05, 0) is 43.5 Å². The largest absolute Gasteiger partial charge is 0.330 e. The van der Waals surface area contributed by atoms with Crippen LogP contribution in [0.15, 0.2) is 35.3 Å². The zero-order chi connectivity index (χ0) is 14.8. The molecule has 2 unspecified atom stereocenters. The zero-order valence-electron chi connectivity index (χ0n) is 12.4. The van der Waals surface area contributed by atoms with Crippen LogP contribution in [0.3, 0.4) is 0 Å². The van der Waals surface area contributed by atoms with E-state index in [0.717, 1.165) is 38.3 Å². The summed E-state index contributed by atoms with van der Waals surface area (Å²) in [5, 5.41) is 0.